The van der Waals surface area contributed by atoms with E-state index in [0.29, 0.717) is 35.1 Å². The zero-order valence-electron chi connectivity index (χ0n) is 21.7. The fourth-order valence-corrected chi connectivity index (χ4v) is 5.29. The molecule has 0 aliphatic carbocycles. The average Bonchev–Trinajstić information content (AvgIpc) is 2.89. The molecule has 13 heteroatoms. The Hall–Kier alpha value is -2.70. The fraction of sp³-hybridized carbons (Fsp3) is 0.148. The van der Waals surface area contributed by atoms with E-state index in [1.807, 2.05) is 6.92 Å². The Balaban J connectivity index is 0.00000441. The Labute approximate surface area is 263 Å². The molecule has 0 atom stereocenters. The number of halogens is 2. The van der Waals surface area contributed by atoms with E-state index in [4.69, 9.17) is 27.9 Å². The van der Waals surface area contributed by atoms with Gasteiger partial charge in [0.15, 0.2) is 0 Å². The average molecular weight is 610 g/mol. The largest absolute Gasteiger partial charge is 1.00 e. The van der Waals surface area contributed by atoms with Crippen molar-refractivity contribution in [2.75, 3.05) is 11.9 Å². The van der Waals surface area contributed by atoms with Gasteiger partial charge in [0.05, 0.1) is 28.0 Å². The summed E-state index contributed by atoms with van der Waals surface area (Å²) in [5, 5.41) is 25.2. The van der Waals surface area contributed by atoms with Crippen LogP contribution in [0.15, 0.2) is 75.8 Å². The molecule has 0 saturated heterocycles. The molecule has 40 heavy (non-hydrogen) atoms. The van der Waals surface area contributed by atoms with Crippen molar-refractivity contribution in [1.82, 2.24) is 0 Å². The zero-order chi connectivity index (χ0) is 28.3. The zero-order valence-corrected chi connectivity index (χ0v) is 26.1. The molecule has 0 aliphatic rings. The monoisotopic (exact) mass is 609 g/mol. The number of rotatable bonds is 8. The summed E-state index contributed by atoms with van der Waals surface area (Å²) in [4.78, 5) is 12.6. The van der Waals surface area contributed by atoms with Gasteiger partial charge in [0.1, 0.15) is 16.3 Å². The molecule has 1 amide bonds. The van der Waals surface area contributed by atoms with Gasteiger partial charge in [-0.3, -0.25) is 9.35 Å². The molecule has 0 spiro atoms. The van der Waals surface area contributed by atoms with Crippen LogP contribution in [0.4, 0.5) is 17.1 Å². The smallest absolute Gasteiger partial charge is 0.870 e. The van der Waals surface area contributed by atoms with Gasteiger partial charge in [-0.2, -0.15) is 13.5 Å². The molecule has 0 bridgehead atoms. The summed E-state index contributed by atoms with van der Waals surface area (Å²) >= 11 is 12.3. The summed E-state index contributed by atoms with van der Waals surface area (Å²) in [6.07, 6.45) is 0.336. The van der Waals surface area contributed by atoms with Crippen LogP contribution < -0.4 is 44.7 Å². The molecule has 2 N–H and O–H groups in total. The normalized spacial score (nSPS) is 11.4. The van der Waals surface area contributed by atoms with Gasteiger partial charge < -0.3 is 15.2 Å². The summed E-state index contributed by atoms with van der Waals surface area (Å²) < 4.78 is 39.4. The number of benzene rings is 4. The molecular weight excluding hydrogens is 588 g/mol. The molecule has 0 heterocycles. The van der Waals surface area contributed by atoms with Gasteiger partial charge in [-0.25, -0.2) is 0 Å². The van der Waals surface area contributed by atoms with Crippen molar-refractivity contribution in [2.45, 2.75) is 25.2 Å². The summed E-state index contributed by atoms with van der Waals surface area (Å²) in [6.45, 7) is 3.97. The molecule has 4 aromatic carbocycles. The minimum absolute atomic E-state index is 0. The van der Waals surface area contributed by atoms with Crippen LogP contribution >= 0.6 is 23.2 Å². The van der Waals surface area contributed by atoms with Gasteiger partial charge in [-0.15, -0.1) is 5.11 Å². The van der Waals surface area contributed by atoms with Crippen molar-refractivity contribution in [1.29, 1.82) is 0 Å². The number of ether oxygens (including phenoxy) is 1. The standard InChI is InChI=1S/C27H23Cl2N3O6S.Na/c1-3-15-9-11-21(29)26(39(35,36)37)23(15)31-32-24-18-8-6-5-7-16(18)13-19(25(24)33)27(34)30-22-14-17(38-4-2)10-12-20(22)28;/h5-14,33H,3-4H2,1-2H3,(H,30,34)(H,35,36,37);/q;+1/p-1. The quantitative estimate of drug-likeness (QED) is 0.175. The molecule has 9 nitrogen and oxygen atoms in total. The number of anilines is 1. The van der Waals surface area contributed by atoms with E-state index in [-0.39, 0.29) is 62.2 Å². The molecule has 0 aliphatic heterocycles. The summed E-state index contributed by atoms with van der Waals surface area (Å²) in [5.41, 5.74) is 0.0244. The number of azo groups is 1. The number of fused-ring (bicyclic) bond motifs is 1. The second kappa shape index (κ2) is 13.3. The van der Waals surface area contributed by atoms with Gasteiger partial charge >= 0.3 is 29.6 Å². The van der Waals surface area contributed by atoms with Crippen LogP contribution in [0.3, 0.4) is 0 Å². The van der Waals surface area contributed by atoms with E-state index in [0.717, 1.165) is 0 Å². The van der Waals surface area contributed by atoms with E-state index >= 15 is 0 Å². The number of amides is 1. The number of hydrogen-bond acceptors (Lipinski definition) is 7. The van der Waals surface area contributed by atoms with Gasteiger partial charge in [-0.1, -0.05) is 66.2 Å². The van der Waals surface area contributed by atoms with Gasteiger partial charge in [0.25, 0.3) is 16.0 Å². The third-order valence-corrected chi connectivity index (χ3v) is 7.46. The first-order valence-corrected chi connectivity index (χ1v) is 13.9. The van der Waals surface area contributed by atoms with Crippen LogP contribution in [0.25, 0.3) is 10.8 Å². The Morgan fingerprint density at radius 2 is 1.68 bits per heavy atom. The van der Waals surface area contributed by atoms with Gasteiger partial charge in [0, 0.05) is 17.0 Å². The minimum Gasteiger partial charge on any atom is -0.870 e. The number of nitrogens with zero attached hydrogens (tertiary/aromatic N) is 2. The fourth-order valence-electron chi connectivity index (χ4n) is 3.95. The molecule has 0 aromatic heterocycles. The van der Waals surface area contributed by atoms with Crippen molar-refractivity contribution in [3.05, 3.63) is 81.8 Å². The van der Waals surface area contributed by atoms with Crippen molar-refractivity contribution in [2.24, 2.45) is 10.2 Å². The van der Waals surface area contributed by atoms with Crippen molar-refractivity contribution < 1.29 is 57.2 Å². The third kappa shape index (κ3) is 6.77. The summed E-state index contributed by atoms with van der Waals surface area (Å²) in [6, 6.07) is 15.8. The molecule has 4 rings (SSSR count). The van der Waals surface area contributed by atoms with Crippen LogP contribution in [0.5, 0.6) is 11.5 Å². The molecule has 0 unspecified atom stereocenters. The maximum Gasteiger partial charge on any atom is 1.00 e. The van der Waals surface area contributed by atoms with Gasteiger partial charge in [-0.05, 0) is 48.6 Å². The first kappa shape index (κ1) is 31.8. The van der Waals surface area contributed by atoms with Crippen LogP contribution in [-0.2, 0) is 16.5 Å². The summed E-state index contributed by atoms with van der Waals surface area (Å²) in [5.74, 6) is -1.01. The Bertz CT molecular complexity index is 1730. The second-order valence-electron chi connectivity index (χ2n) is 8.26. The maximum absolute atomic E-state index is 13.5. The van der Waals surface area contributed by atoms with E-state index < -0.39 is 26.7 Å². The van der Waals surface area contributed by atoms with Crippen LogP contribution in [0.2, 0.25) is 10.0 Å². The van der Waals surface area contributed by atoms with E-state index in [9.17, 15) is 22.9 Å². The first-order valence-electron chi connectivity index (χ1n) is 11.7. The van der Waals surface area contributed by atoms with Crippen molar-refractivity contribution in [3.63, 3.8) is 0 Å². The predicted molar refractivity (Wildman–Crippen MR) is 149 cm³/mol. The van der Waals surface area contributed by atoms with E-state index in [2.05, 4.69) is 15.5 Å². The Kier molecular flexibility index (Phi) is 10.6. The number of hydrogen-bond donors (Lipinski definition) is 2. The minimum atomic E-state index is -4.77. The topological polar surface area (TPSA) is 140 Å². The molecule has 4 aromatic rings. The number of aryl methyl sites for hydroxylation is 1. The van der Waals surface area contributed by atoms with E-state index in [1.54, 1.807) is 49.4 Å². The maximum atomic E-state index is 13.5. The van der Waals surface area contributed by atoms with Crippen LogP contribution in [0.1, 0.15) is 29.8 Å². The summed E-state index contributed by atoms with van der Waals surface area (Å²) in [7, 11) is -4.77. The SMILES string of the molecule is CCOc1ccc(Cl)c(NC(=O)c2cc3ccccc3c(N=Nc3c(CC)ccc(Cl)c3S(=O)(=O)O)c2[O-])c1.[Na+]. The molecule has 0 fully saturated rings. The second-order valence-corrected chi connectivity index (χ2v) is 10.4. The van der Waals surface area contributed by atoms with Crippen LogP contribution in [0, 0.1) is 0 Å². The molecule has 202 valence electrons. The number of carbonyl (C=O) groups is 1. The van der Waals surface area contributed by atoms with Crippen molar-refractivity contribution in [3.8, 4) is 11.5 Å². The molecule has 0 saturated carbocycles. The van der Waals surface area contributed by atoms with Crippen molar-refractivity contribution >= 4 is 67.1 Å². The third-order valence-electron chi connectivity index (χ3n) is 5.77. The molecular formula is C27H22Cl2N3NaO6S. The molecule has 0 radical (unpaired) electrons. The number of nitrogens with one attached hydrogen (secondary N) is 1. The Morgan fingerprint density at radius 3 is 2.35 bits per heavy atom. The first-order chi connectivity index (χ1) is 18.5. The Morgan fingerprint density at radius 1 is 1.00 bits per heavy atom. The van der Waals surface area contributed by atoms with Gasteiger partial charge in [0.2, 0.25) is 0 Å². The van der Waals surface area contributed by atoms with Crippen LogP contribution in [-0.4, -0.2) is 25.5 Å². The van der Waals surface area contributed by atoms with E-state index in [1.165, 1.54) is 18.2 Å². The number of carbonyl (C=O) groups excluding carboxylic acids is 1. The predicted octanol–water partition coefficient (Wildman–Crippen LogP) is 4.10.